The summed E-state index contributed by atoms with van der Waals surface area (Å²) in [7, 11) is 0. The molecule has 0 bridgehead atoms. The molecule has 1 aromatic heterocycles. The average Bonchev–Trinajstić information content (AvgIpc) is 2.57. The van der Waals surface area contributed by atoms with Crippen molar-refractivity contribution >= 4 is 27.3 Å². The molecule has 0 fully saturated rings. The van der Waals surface area contributed by atoms with Gasteiger partial charge in [0.15, 0.2) is 0 Å². The van der Waals surface area contributed by atoms with Gasteiger partial charge in [-0.25, -0.2) is 0 Å². The molecule has 0 nitrogen and oxygen atoms in total. The maximum atomic E-state index is 3.73. The zero-order chi connectivity index (χ0) is 9.52. The third kappa shape index (κ3) is 4.82. The number of hydrogen-bond acceptors (Lipinski definition) is 1. The van der Waals surface area contributed by atoms with Gasteiger partial charge < -0.3 is 0 Å². The summed E-state index contributed by atoms with van der Waals surface area (Å²) in [6.45, 7) is 2.25. The highest BCUT2D eigenvalue weighted by Gasteiger charge is 2.04. The molecule has 1 rings (SSSR count). The molecule has 0 spiro atoms. The molecule has 1 aromatic rings. The van der Waals surface area contributed by atoms with Gasteiger partial charge in [0.2, 0.25) is 0 Å². The van der Waals surface area contributed by atoms with E-state index in [1.807, 2.05) is 0 Å². The Morgan fingerprint density at radius 3 is 2.92 bits per heavy atom. The minimum atomic E-state index is 0.675. The molecule has 0 aliphatic rings. The number of hydrogen-bond donors (Lipinski definition) is 0. The monoisotopic (exact) mass is 260 g/mol. The van der Waals surface area contributed by atoms with Crippen molar-refractivity contribution in [2.45, 2.75) is 43.9 Å². The fraction of sp³-hybridized carbons (Fsp3) is 0.636. The Morgan fingerprint density at radius 2 is 2.31 bits per heavy atom. The second-order valence-electron chi connectivity index (χ2n) is 3.43. The summed E-state index contributed by atoms with van der Waals surface area (Å²) in [6, 6.07) is 2.22. The smallest absolute Gasteiger partial charge is 0.0186 e. The molecule has 1 atom stereocenters. The highest BCUT2D eigenvalue weighted by Crippen LogP contribution is 2.18. The van der Waals surface area contributed by atoms with Gasteiger partial charge in [-0.05, 0) is 35.2 Å². The summed E-state index contributed by atoms with van der Waals surface area (Å²) in [5.41, 5.74) is 1.48. The Kier molecular flexibility index (Phi) is 5.72. The van der Waals surface area contributed by atoms with Crippen molar-refractivity contribution in [1.82, 2.24) is 0 Å². The first-order valence-electron chi connectivity index (χ1n) is 4.98. The quantitative estimate of drug-likeness (QED) is 0.517. The normalized spacial score (nSPS) is 13.1. The lowest BCUT2D eigenvalue weighted by atomic mass is 10.1. The molecule has 0 aliphatic carbocycles. The fourth-order valence-electron chi connectivity index (χ4n) is 1.38. The highest BCUT2D eigenvalue weighted by atomic mass is 79.9. The lowest BCUT2D eigenvalue weighted by molar-refractivity contribution is 0.648. The number of halogens is 1. The molecule has 0 aliphatic heterocycles. The van der Waals surface area contributed by atoms with Crippen LogP contribution in [0.2, 0.25) is 0 Å². The van der Waals surface area contributed by atoms with Crippen LogP contribution in [0.5, 0.6) is 0 Å². The van der Waals surface area contributed by atoms with Crippen molar-refractivity contribution in [2.24, 2.45) is 0 Å². The van der Waals surface area contributed by atoms with Crippen molar-refractivity contribution < 1.29 is 0 Å². The lowest BCUT2D eigenvalue weighted by Gasteiger charge is -2.07. The van der Waals surface area contributed by atoms with Crippen molar-refractivity contribution in [3.63, 3.8) is 0 Å². The summed E-state index contributed by atoms with van der Waals surface area (Å²) >= 11 is 5.52. The average molecular weight is 261 g/mol. The first-order valence-corrected chi connectivity index (χ1v) is 6.84. The summed E-state index contributed by atoms with van der Waals surface area (Å²) in [5, 5.41) is 4.40. The summed E-state index contributed by atoms with van der Waals surface area (Å²) in [6.07, 6.45) is 6.54. The topological polar surface area (TPSA) is 0 Å². The van der Waals surface area contributed by atoms with Gasteiger partial charge in [-0.2, -0.15) is 11.3 Å². The molecule has 13 heavy (non-hydrogen) atoms. The Balaban J connectivity index is 2.14. The van der Waals surface area contributed by atoms with Gasteiger partial charge in [-0.3, -0.25) is 0 Å². The molecule has 0 saturated carbocycles. The highest BCUT2D eigenvalue weighted by molar-refractivity contribution is 9.09. The predicted molar refractivity (Wildman–Crippen MR) is 64.9 cm³/mol. The van der Waals surface area contributed by atoms with E-state index in [1.54, 1.807) is 11.3 Å². The maximum Gasteiger partial charge on any atom is 0.0186 e. The van der Waals surface area contributed by atoms with Crippen LogP contribution in [0, 0.1) is 0 Å². The second kappa shape index (κ2) is 6.61. The summed E-state index contributed by atoms with van der Waals surface area (Å²) in [4.78, 5) is 0.675. The molecule has 2 heteroatoms. The van der Waals surface area contributed by atoms with Crippen LogP contribution in [0.25, 0.3) is 0 Å². The largest absolute Gasteiger partial charge is 0.152 e. The van der Waals surface area contributed by atoms with Crippen molar-refractivity contribution in [3.05, 3.63) is 22.4 Å². The van der Waals surface area contributed by atoms with E-state index in [2.05, 4.69) is 39.7 Å². The van der Waals surface area contributed by atoms with Gasteiger partial charge in [0.1, 0.15) is 0 Å². The molecule has 1 heterocycles. The van der Waals surface area contributed by atoms with E-state index < -0.39 is 0 Å². The maximum absolute atomic E-state index is 3.73. The third-order valence-corrected chi connectivity index (χ3v) is 3.67. The van der Waals surface area contributed by atoms with Gasteiger partial charge in [0.25, 0.3) is 0 Å². The molecule has 1 unspecified atom stereocenters. The lowest BCUT2D eigenvalue weighted by Crippen LogP contribution is -2.01. The number of rotatable bonds is 6. The van der Waals surface area contributed by atoms with Crippen LogP contribution in [-0.4, -0.2) is 4.83 Å². The first-order chi connectivity index (χ1) is 6.33. The van der Waals surface area contributed by atoms with Crippen molar-refractivity contribution in [3.8, 4) is 0 Å². The Hall–Kier alpha value is 0.180. The number of unbranched alkanes of at least 4 members (excludes halogenated alkanes) is 2. The van der Waals surface area contributed by atoms with E-state index >= 15 is 0 Å². The summed E-state index contributed by atoms with van der Waals surface area (Å²) in [5.74, 6) is 0. The minimum absolute atomic E-state index is 0.675. The minimum Gasteiger partial charge on any atom is -0.152 e. The molecule has 0 amide bonds. The van der Waals surface area contributed by atoms with E-state index in [0.29, 0.717) is 4.83 Å². The van der Waals surface area contributed by atoms with Crippen LogP contribution < -0.4 is 0 Å². The zero-order valence-electron chi connectivity index (χ0n) is 8.13. The van der Waals surface area contributed by atoms with Crippen LogP contribution >= 0.6 is 27.3 Å². The molecule has 74 valence electrons. The Morgan fingerprint density at radius 1 is 1.46 bits per heavy atom. The van der Waals surface area contributed by atoms with E-state index in [0.717, 1.165) is 0 Å². The van der Waals surface area contributed by atoms with Gasteiger partial charge in [0.05, 0.1) is 0 Å². The van der Waals surface area contributed by atoms with Crippen LogP contribution in [0.1, 0.15) is 38.2 Å². The number of thiophene rings is 1. The zero-order valence-corrected chi connectivity index (χ0v) is 10.5. The van der Waals surface area contributed by atoms with E-state index in [4.69, 9.17) is 0 Å². The first kappa shape index (κ1) is 11.3. The van der Waals surface area contributed by atoms with Gasteiger partial charge in [-0.1, -0.05) is 42.1 Å². The van der Waals surface area contributed by atoms with Gasteiger partial charge in [0, 0.05) is 4.83 Å². The van der Waals surface area contributed by atoms with Crippen LogP contribution in [0.4, 0.5) is 0 Å². The van der Waals surface area contributed by atoms with Gasteiger partial charge in [-0.15, -0.1) is 0 Å². The SMILES string of the molecule is CCCCCC(Br)Cc1ccsc1. The van der Waals surface area contributed by atoms with Crippen LogP contribution in [0.3, 0.4) is 0 Å². The standard InChI is InChI=1S/C11H17BrS/c1-2-3-4-5-11(12)8-10-6-7-13-9-10/h6-7,9,11H,2-5,8H2,1H3. The van der Waals surface area contributed by atoms with Crippen molar-refractivity contribution in [1.29, 1.82) is 0 Å². The molecule has 0 saturated heterocycles. The van der Waals surface area contributed by atoms with E-state index in [-0.39, 0.29) is 0 Å². The van der Waals surface area contributed by atoms with Crippen LogP contribution in [0.15, 0.2) is 16.8 Å². The fourth-order valence-corrected chi connectivity index (χ4v) is 2.76. The molecule has 0 radical (unpaired) electrons. The third-order valence-electron chi connectivity index (χ3n) is 2.16. The second-order valence-corrected chi connectivity index (χ2v) is 5.50. The van der Waals surface area contributed by atoms with E-state index in [1.165, 1.54) is 37.7 Å². The van der Waals surface area contributed by atoms with Crippen LogP contribution in [-0.2, 0) is 6.42 Å². The van der Waals surface area contributed by atoms with Gasteiger partial charge >= 0.3 is 0 Å². The van der Waals surface area contributed by atoms with E-state index in [9.17, 15) is 0 Å². The van der Waals surface area contributed by atoms with Crippen molar-refractivity contribution in [2.75, 3.05) is 0 Å². The summed E-state index contributed by atoms with van der Waals surface area (Å²) < 4.78 is 0. The molecule has 0 aromatic carbocycles. The number of alkyl halides is 1. The molecule has 0 N–H and O–H groups in total. The Bertz CT molecular complexity index is 206. The Labute approximate surface area is 93.5 Å². The predicted octanol–water partition coefficient (Wildman–Crippen LogP) is 4.63. The molecular weight excluding hydrogens is 244 g/mol. The molecular formula is C11H17BrS.